The molecule has 4 nitrogen and oxygen atoms in total. The van der Waals surface area contributed by atoms with Crippen molar-refractivity contribution in [1.29, 1.82) is 0 Å². The molecule has 0 bridgehead atoms. The highest BCUT2D eigenvalue weighted by atomic mass is 35.5. The van der Waals surface area contributed by atoms with Crippen LogP contribution in [0.15, 0.2) is 10.9 Å². The summed E-state index contributed by atoms with van der Waals surface area (Å²) < 4.78 is 0. The van der Waals surface area contributed by atoms with Crippen LogP contribution in [0.25, 0.3) is 0 Å². The zero-order chi connectivity index (χ0) is 12.1. The number of nitrogens with two attached hydrogens (primary N) is 1. The zero-order valence-corrected chi connectivity index (χ0v) is 13.2. The second-order valence-corrected chi connectivity index (χ2v) is 5.44. The lowest BCUT2D eigenvalue weighted by Gasteiger charge is -2.28. The van der Waals surface area contributed by atoms with E-state index >= 15 is 0 Å². The second kappa shape index (κ2) is 8.74. The van der Waals surface area contributed by atoms with Crippen LogP contribution < -0.4 is 11.1 Å². The Hall–Kier alpha value is -0.360. The summed E-state index contributed by atoms with van der Waals surface area (Å²) in [5.41, 5.74) is 8.45. The van der Waals surface area contributed by atoms with E-state index in [-0.39, 0.29) is 36.3 Å². The fourth-order valence-corrected chi connectivity index (χ4v) is 2.99. The fraction of sp³-hybridized carbons (Fsp3) is 0.667. The summed E-state index contributed by atoms with van der Waals surface area (Å²) in [6, 6.07) is 0. The first-order valence-corrected chi connectivity index (χ1v) is 7.06. The van der Waals surface area contributed by atoms with Crippen LogP contribution in [0, 0.1) is 0 Å². The van der Waals surface area contributed by atoms with Gasteiger partial charge in [-0.05, 0) is 19.3 Å². The lowest BCUT2D eigenvalue weighted by molar-refractivity contribution is -0.122. The van der Waals surface area contributed by atoms with Crippen LogP contribution >= 0.6 is 36.2 Å². The molecule has 0 saturated heterocycles. The smallest absolute Gasteiger partial charge is 0.220 e. The van der Waals surface area contributed by atoms with Crippen molar-refractivity contribution < 1.29 is 4.79 Å². The maximum absolute atomic E-state index is 11.9. The Bertz CT molecular complexity index is 367. The van der Waals surface area contributed by atoms with Gasteiger partial charge in [-0.25, -0.2) is 4.98 Å². The molecule has 1 saturated carbocycles. The Labute approximate surface area is 130 Å². The lowest BCUT2D eigenvalue weighted by atomic mass is 9.97. The highest BCUT2D eigenvalue weighted by Crippen LogP contribution is 2.28. The number of carbonyl (C=O) groups is 1. The number of hydrogen-bond donors (Lipinski definition) is 2. The molecule has 2 rings (SSSR count). The fourth-order valence-electron chi connectivity index (χ4n) is 2.39. The van der Waals surface area contributed by atoms with E-state index in [1.54, 1.807) is 16.8 Å². The number of rotatable bonds is 5. The number of hydrogen-bond acceptors (Lipinski definition) is 4. The molecule has 1 aliphatic rings. The Kier molecular flexibility index (Phi) is 8.57. The van der Waals surface area contributed by atoms with E-state index in [1.807, 2.05) is 5.38 Å². The van der Waals surface area contributed by atoms with Crippen molar-refractivity contribution in [2.75, 3.05) is 6.54 Å². The summed E-state index contributed by atoms with van der Waals surface area (Å²) in [5, 5.41) is 5.10. The minimum atomic E-state index is -0.126. The van der Waals surface area contributed by atoms with E-state index in [4.69, 9.17) is 5.73 Å². The van der Waals surface area contributed by atoms with Crippen molar-refractivity contribution in [3.8, 4) is 0 Å². The molecular weight excluding hydrogens is 305 g/mol. The molecule has 1 heterocycles. The van der Waals surface area contributed by atoms with E-state index in [0.717, 1.165) is 25.0 Å². The second-order valence-electron chi connectivity index (χ2n) is 4.72. The van der Waals surface area contributed by atoms with Gasteiger partial charge < -0.3 is 11.1 Å². The highest BCUT2D eigenvalue weighted by Gasteiger charge is 2.33. The van der Waals surface area contributed by atoms with Gasteiger partial charge in [0.2, 0.25) is 5.91 Å². The molecule has 19 heavy (non-hydrogen) atoms. The quantitative estimate of drug-likeness (QED) is 0.872. The summed E-state index contributed by atoms with van der Waals surface area (Å²) >= 11 is 1.57. The van der Waals surface area contributed by atoms with Crippen LogP contribution in [0.3, 0.4) is 0 Å². The molecule has 110 valence electrons. The maximum Gasteiger partial charge on any atom is 0.220 e. The molecule has 0 radical (unpaired) electrons. The number of nitrogens with zero attached hydrogens (tertiary/aromatic N) is 1. The topological polar surface area (TPSA) is 68.0 Å². The van der Waals surface area contributed by atoms with Crippen LogP contribution in [0.2, 0.25) is 0 Å². The zero-order valence-electron chi connectivity index (χ0n) is 10.8. The third-order valence-corrected chi connectivity index (χ3v) is 4.08. The predicted molar refractivity (Wildman–Crippen MR) is 83.3 cm³/mol. The van der Waals surface area contributed by atoms with E-state index < -0.39 is 0 Å². The van der Waals surface area contributed by atoms with E-state index in [9.17, 15) is 4.79 Å². The molecule has 1 amide bonds. The maximum atomic E-state index is 11.9. The first-order chi connectivity index (χ1) is 8.24. The Morgan fingerprint density at radius 2 is 2.11 bits per heavy atom. The molecular formula is C12H21Cl2N3OS. The van der Waals surface area contributed by atoms with Crippen molar-refractivity contribution in [2.45, 2.75) is 44.1 Å². The van der Waals surface area contributed by atoms with Gasteiger partial charge in [0.1, 0.15) is 0 Å². The number of halogens is 2. The van der Waals surface area contributed by atoms with Gasteiger partial charge in [0.05, 0.1) is 16.7 Å². The molecule has 0 unspecified atom stereocenters. The van der Waals surface area contributed by atoms with Gasteiger partial charge in [-0.3, -0.25) is 4.79 Å². The first kappa shape index (κ1) is 18.6. The predicted octanol–water partition coefficient (Wildman–Crippen LogP) is 2.31. The summed E-state index contributed by atoms with van der Waals surface area (Å²) in [4.78, 5) is 16.0. The summed E-state index contributed by atoms with van der Waals surface area (Å²) in [6.07, 6.45) is 5.60. The Balaban J connectivity index is 0.00000162. The minimum absolute atomic E-state index is 0. The van der Waals surface area contributed by atoms with Gasteiger partial charge in [0, 0.05) is 18.3 Å². The van der Waals surface area contributed by atoms with Gasteiger partial charge in [-0.2, -0.15) is 0 Å². The molecule has 3 N–H and O–H groups in total. The van der Waals surface area contributed by atoms with Gasteiger partial charge in [0.15, 0.2) is 0 Å². The molecule has 1 aliphatic carbocycles. The van der Waals surface area contributed by atoms with Gasteiger partial charge in [-0.1, -0.05) is 12.8 Å². The summed E-state index contributed by atoms with van der Waals surface area (Å²) in [5.74, 6) is 0.102. The summed E-state index contributed by atoms with van der Waals surface area (Å²) in [6.45, 7) is 0.551. The monoisotopic (exact) mass is 325 g/mol. The Morgan fingerprint density at radius 1 is 1.42 bits per heavy atom. The molecule has 0 aliphatic heterocycles. The third-order valence-electron chi connectivity index (χ3n) is 3.45. The highest BCUT2D eigenvalue weighted by molar-refractivity contribution is 7.07. The number of thiazole rings is 1. The third kappa shape index (κ3) is 5.26. The van der Waals surface area contributed by atoms with Gasteiger partial charge >= 0.3 is 0 Å². The van der Waals surface area contributed by atoms with Crippen molar-refractivity contribution in [3.63, 3.8) is 0 Å². The van der Waals surface area contributed by atoms with Crippen LogP contribution in [0.4, 0.5) is 0 Å². The average Bonchev–Trinajstić information content (AvgIpc) is 2.98. The number of nitrogens with one attached hydrogen (secondary N) is 1. The minimum Gasteiger partial charge on any atom is -0.349 e. The standard InChI is InChI=1S/C12H19N3OS.2ClH/c13-8-12(5-1-2-6-12)15-11(16)4-3-10-7-17-9-14-10;;/h7,9H,1-6,8,13H2,(H,15,16);2*1H. The number of aromatic nitrogens is 1. The van der Waals surface area contributed by atoms with Crippen molar-refractivity contribution in [2.24, 2.45) is 5.73 Å². The van der Waals surface area contributed by atoms with Crippen LogP contribution in [0.1, 0.15) is 37.8 Å². The Morgan fingerprint density at radius 3 is 2.63 bits per heavy atom. The number of amides is 1. The molecule has 1 fully saturated rings. The van der Waals surface area contributed by atoms with Gasteiger partial charge in [0.25, 0.3) is 0 Å². The molecule has 7 heteroatoms. The molecule has 1 aromatic heterocycles. The van der Waals surface area contributed by atoms with E-state index in [1.165, 1.54) is 12.8 Å². The molecule has 0 spiro atoms. The van der Waals surface area contributed by atoms with Crippen LogP contribution in [-0.2, 0) is 11.2 Å². The van der Waals surface area contributed by atoms with Crippen molar-refractivity contribution in [3.05, 3.63) is 16.6 Å². The number of carbonyl (C=O) groups excluding carboxylic acids is 1. The van der Waals surface area contributed by atoms with Crippen molar-refractivity contribution in [1.82, 2.24) is 10.3 Å². The van der Waals surface area contributed by atoms with Gasteiger partial charge in [-0.15, -0.1) is 36.2 Å². The van der Waals surface area contributed by atoms with E-state index in [2.05, 4.69) is 10.3 Å². The largest absolute Gasteiger partial charge is 0.349 e. The summed E-state index contributed by atoms with van der Waals surface area (Å²) in [7, 11) is 0. The van der Waals surface area contributed by atoms with Crippen LogP contribution in [0.5, 0.6) is 0 Å². The SMILES string of the molecule is Cl.Cl.NCC1(NC(=O)CCc2cscn2)CCCC1. The van der Waals surface area contributed by atoms with E-state index in [0.29, 0.717) is 13.0 Å². The lowest BCUT2D eigenvalue weighted by Crippen LogP contribution is -2.51. The molecule has 1 aromatic rings. The molecule has 0 atom stereocenters. The first-order valence-electron chi connectivity index (χ1n) is 6.12. The van der Waals surface area contributed by atoms with Crippen molar-refractivity contribution >= 4 is 42.1 Å². The van der Waals surface area contributed by atoms with Crippen LogP contribution in [-0.4, -0.2) is 23.0 Å². The number of aryl methyl sites for hydroxylation is 1. The molecule has 0 aromatic carbocycles. The average molecular weight is 326 g/mol. The normalized spacial score (nSPS) is 16.3.